The quantitative estimate of drug-likeness (QED) is 0.355. The Morgan fingerprint density at radius 2 is 1.66 bits per heavy atom. The largest absolute Gasteiger partial charge is 0.497 e. The molecule has 0 spiro atoms. The molecule has 0 atom stereocenters. The zero-order valence-corrected chi connectivity index (χ0v) is 20.5. The van der Waals surface area contributed by atoms with E-state index < -0.39 is 0 Å². The normalized spacial score (nSPS) is 12.8. The first-order valence-corrected chi connectivity index (χ1v) is 12.4. The van der Waals surface area contributed by atoms with Crippen LogP contribution in [-0.4, -0.2) is 52.1 Å². The highest BCUT2D eigenvalue weighted by molar-refractivity contribution is 7.99. The Morgan fingerprint density at radius 1 is 0.914 bits per heavy atom. The number of aromatic nitrogens is 3. The summed E-state index contributed by atoms with van der Waals surface area (Å²) in [4.78, 5) is 15.0. The van der Waals surface area contributed by atoms with Crippen LogP contribution in [0.15, 0.2) is 78.0 Å². The molecule has 2 heterocycles. The van der Waals surface area contributed by atoms with E-state index in [0.717, 1.165) is 30.0 Å². The van der Waals surface area contributed by atoms with Crippen LogP contribution in [0.1, 0.15) is 11.1 Å². The number of carbonyl (C=O) groups is 1. The van der Waals surface area contributed by atoms with E-state index >= 15 is 0 Å². The highest BCUT2D eigenvalue weighted by Crippen LogP contribution is 2.34. The van der Waals surface area contributed by atoms with Crippen LogP contribution in [0.4, 0.5) is 0 Å². The van der Waals surface area contributed by atoms with Gasteiger partial charge in [0.25, 0.3) is 0 Å². The zero-order valence-electron chi connectivity index (χ0n) is 19.7. The number of benzene rings is 3. The summed E-state index contributed by atoms with van der Waals surface area (Å²) >= 11 is 1.39. The molecule has 1 aromatic heterocycles. The number of carbonyl (C=O) groups excluding carboxylic acids is 1. The van der Waals surface area contributed by atoms with Gasteiger partial charge in [0.05, 0.1) is 31.2 Å². The van der Waals surface area contributed by atoms with Gasteiger partial charge in [-0.25, -0.2) is 0 Å². The molecule has 0 N–H and O–H groups in total. The van der Waals surface area contributed by atoms with Gasteiger partial charge in [-0.3, -0.25) is 9.36 Å². The highest BCUT2D eigenvalue weighted by atomic mass is 32.2. The first kappa shape index (κ1) is 23.0. The standard InChI is InChI=1S/C27H26N4O3S/c1-33-22-13-11-21(12-14-22)31-26(23-9-5-6-10-24(23)34-2)28-29-27(31)35-18-25(32)30-16-15-19-7-3-4-8-20(19)17-30/h3-14H,15-18H2,1-2H3. The van der Waals surface area contributed by atoms with Crippen LogP contribution in [0.3, 0.4) is 0 Å². The number of amides is 1. The molecule has 8 heteroatoms. The van der Waals surface area contributed by atoms with E-state index in [4.69, 9.17) is 9.47 Å². The second kappa shape index (κ2) is 10.2. The van der Waals surface area contributed by atoms with Gasteiger partial charge in [-0.15, -0.1) is 10.2 Å². The molecule has 178 valence electrons. The van der Waals surface area contributed by atoms with Gasteiger partial charge in [-0.2, -0.15) is 0 Å². The van der Waals surface area contributed by atoms with Crippen molar-refractivity contribution in [2.45, 2.75) is 18.1 Å². The summed E-state index contributed by atoms with van der Waals surface area (Å²) < 4.78 is 12.9. The van der Waals surface area contributed by atoms with Crippen LogP contribution in [0.2, 0.25) is 0 Å². The SMILES string of the molecule is COc1ccc(-n2c(SCC(=O)N3CCc4ccccc4C3)nnc2-c2ccccc2OC)cc1. The summed E-state index contributed by atoms with van der Waals surface area (Å²) in [5.41, 5.74) is 4.24. The second-order valence-electron chi connectivity index (χ2n) is 8.16. The fraction of sp³-hybridized carbons (Fsp3) is 0.222. The topological polar surface area (TPSA) is 69.5 Å². The Kier molecular flexibility index (Phi) is 6.72. The number of rotatable bonds is 7. The smallest absolute Gasteiger partial charge is 0.233 e. The lowest BCUT2D eigenvalue weighted by Gasteiger charge is -2.28. The molecule has 1 amide bonds. The van der Waals surface area contributed by atoms with E-state index in [9.17, 15) is 4.79 Å². The number of fused-ring (bicyclic) bond motifs is 1. The van der Waals surface area contributed by atoms with Gasteiger partial charge < -0.3 is 14.4 Å². The Morgan fingerprint density at radius 3 is 2.43 bits per heavy atom. The minimum Gasteiger partial charge on any atom is -0.497 e. The van der Waals surface area contributed by atoms with Crippen LogP contribution in [0.5, 0.6) is 11.5 Å². The maximum absolute atomic E-state index is 13.1. The number of methoxy groups -OCH3 is 2. The predicted octanol–water partition coefficient (Wildman–Crippen LogP) is 4.63. The Bertz CT molecular complexity index is 1340. The summed E-state index contributed by atoms with van der Waals surface area (Å²) in [5, 5.41) is 9.59. The maximum atomic E-state index is 13.1. The van der Waals surface area contributed by atoms with Crippen molar-refractivity contribution in [2.75, 3.05) is 26.5 Å². The molecule has 0 unspecified atom stereocenters. The van der Waals surface area contributed by atoms with Crippen LogP contribution in [0, 0.1) is 0 Å². The molecule has 1 aliphatic rings. The molecule has 7 nitrogen and oxygen atoms in total. The fourth-order valence-electron chi connectivity index (χ4n) is 4.26. The molecule has 0 saturated carbocycles. The third-order valence-corrected chi connectivity index (χ3v) is 7.03. The van der Waals surface area contributed by atoms with Crippen LogP contribution >= 0.6 is 11.8 Å². The van der Waals surface area contributed by atoms with Gasteiger partial charge in [0.1, 0.15) is 11.5 Å². The number of thioether (sulfide) groups is 1. The first-order valence-electron chi connectivity index (χ1n) is 11.4. The monoisotopic (exact) mass is 486 g/mol. The summed E-state index contributed by atoms with van der Waals surface area (Å²) in [6.07, 6.45) is 0.882. The molecular weight excluding hydrogens is 460 g/mol. The summed E-state index contributed by atoms with van der Waals surface area (Å²) in [7, 11) is 3.28. The van der Waals surface area contributed by atoms with Gasteiger partial charge in [0.2, 0.25) is 5.91 Å². The van der Waals surface area contributed by atoms with E-state index in [0.29, 0.717) is 23.3 Å². The number of hydrogen-bond donors (Lipinski definition) is 0. The van der Waals surface area contributed by atoms with E-state index in [1.54, 1.807) is 14.2 Å². The summed E-state index contributed by atoms with van der Waals surface area (Å²) in [5.74, 6) is 2.48. The highest BCUT2D eigenvalue weighted by Gasteiger charge is 2.23. The fourth-order valence-corrected chi connectivity index (χ4v) is 5.11. The zero-order chi connectivity index (χ0) is 24.2. The second-order valence-corrected chi connectivity index (χ2v) is 9.11. The molecule has 0 radical (unpaired) electrons. The van der Waals surface area contributed by atoms with Gasteiger partial charge in [-0.05, 0) is 53.9 Å². The summed E-state index contributed by atoms with van der Waals surface area (Å²) in [6, 6.07) is 23.7. The van der Waals surface area contributed by atoms with Crippen molar-refractivity contribution in [3.8, 4) is 28.6 Å². The summed E-state index contributed by atoms with van der Waals surface area (Å²) in [6.45, 7) is 1.38. The molecule has 0 saturated heterocycles. The average molecular weight is 487 g/mol. The molecule has 0 fully saturated rings. The van der Waals surface area contributed by atoms with E-state index in [-0.39, 0.29) is 11.7 Å². The Balaban J connectivity index is 1.42. The van der Waals surface area contributed by atoms with Crippen LogP contribution in [-0.2, 0) is 17.8 Å². The van der Waals surface area contributed by atoms with Crippen molar-refractivity contribution >= 4 is 17.7 Å². The lowest BCUT2D eigenvalue weighted by molar-refractivity contribution is -0.129. The van der Waals surface area contributed by atoms with E-state index in [1.165, 1.54) is 22.9 Å². The Labute approximate surface area is 208 Å². The molecule has 1 aliphatic heterocycles. The average Bonchev–Trinajstić information content (AvgIpc) is 3.35. The third kappa shape index (κ3) is 4.74. The first-order chi connectivity index (χ1) is 17.2. The molecule has 4 aromatic rings. The number of hydrogen-bond acceptors (Lipinski definition) is 6. The minimum absolute atomic E-state index is 0.0904. The van der Waals surface area contributed by atoms with Gasteiger partial charge in [-0.1, -0.05) is 48.2 Å². The van der Waals surface area contributed by atoms with Crippen molar-refractivity contribution in [3.05, 3.63) is 83.9 Å². The molecule has 0 aliphatic carbocycles. The minimum atomic E-state index is 0.0904. The van der Waals surface area contributed by atoms with Crippen molar-refractivity contribution in [1.29, 1.82) is 0 Å². The number of ether oxygens (including phenoxy) is 2. The van der Waals surface area contributed by atoms with Crippen molar-refractivity contribution in [2.24, 2.45) is 0 Å². The lowest BCUT2D eigenvalue weighted by atomic mass is 10.00. The molecule has 3 aromatic carbocycles. The van der Waals surface area contributed by atoms with Crippen LogP contribution < -0.4 is 9.47 Å². The van der Waals surface area contributed by atoms with Gasteiger partial charge >= 0.3 is 0 Å². The molecule has 5 rings (SSSR count). The molecule has 35 heavy (non-hydrogen) atoms. The van der Waals surface area contributed by atoms with Crippen LogP contribution in [0.25, 0.3) is 17.1 Å². The number of nitrogens with zero attached hydrogens (tertiary/aromatic N) is 4. The van der Waals surface area contributed by atoms with Crippen molar-refractivity contribution in [1.82, 2.24) is 19.7 Å². The van der Waals surface area contributed by atoms with E-state index in [2.05, 4.69) is 28.4 Å². The number of para-hydroxylation sites is 1. The Hall–Kier alpha value is -3.78. The van der Waals surface area contributed by atoms with Crippen molar-refractivity contribution in [3.63, 3.8) is 0 Å². The van der Waals surface area contributed by atoms with E-state index in [1.807, 2.05) is 64.1 Å². The third-order valence-electron chi connectivity index (χ3n) is 6.12. The van der Waals surface area contributed by atoms with Crippen molar-refractivity contribution < 1.29 is 14.3 Å². The predicted molar refractivity (Wildman–Crippen MR) is 136 cm³/mol. The van der Waals surface area contributed by atoms with Gasteiger partial charge in [0.15, 0.2) is 11.0 Å². The molecular formula is C27H26N4O3S. The molecule has 0 bridgehead atoms. The maximum Gasteiger partial charge on any atom is 0.233 e. The lowest BCUT2D eigenvalue weighted by Crippen LogP contribution is -2.37. The van der Waals surface area contributed by atoms with Gasteiger partial charge in [0, 0.05) is 13.1 Å².